The number of rotatable bonds is 9. The van der Waals surface area contributed by atoms with Gasteiger partial charge in [0.05, 0.1) is 11.7 Å². The first-order chi connectivity index (χ1) is 16.9. The van der Waals surface area contributed by atoms with Crippen LogP contribution in [0, 0.1) is 0 Å². The molecule has 1 unspecified atom stereocenters. The number of aromatic nitrogens is 3. The molecule has 0 bridgehead atoms. The van der Waals surface area contributed by atoms with Crippen molar-refractivity contribution in [2.45, 2.75) is 58.0 Å². The summed E-state index contributed by atoms with van der Waals surface area (Å²) in [5.41, 5.74) is 3.08. The third-order valence-electron chi connectivity index (χ3n) is 5.32. The number of halogens is 1. The maximum Gasteiger partial charge on any atom is 0.338 e. The zero-order valence-corrected chi connectivity index (χ0v) is 21.8. The molecule has 35 heavy (non-hydrogen) atoms. The molecule has 0 radical (unpaired) electrons. The van der Waals surface area contributed by atoms with Crippen LogP contribution >= 0.6 is 23.4 Å². The van der Waals surface area contributed by atoms with E-state index < -0.39 is 6.04 Å². The Kier molecular flexibility index (Phi) is 8.03. The lowest BCUT2D eigenvalue weighted by molar-refractivity contribution is -0.143. The van der Waals surface area contributed by atoms with Crippen molar-refractivity contribution in [1.29, 1.82) is 0 Å². The van der Waals surface area contributed by atoms with Crippen molar-refractivity contribution in [3.8, 4) is 5.75 Å². The van der Waals surface area contributed by atoms with Crippen LogP contribution in [0.4, 0.5) is 5.95 Å². The Labute approximate surface area is 214 Å². The molecule has 1 atom stereocenters. The van der Waals surface area contributed by atoms with Gasteiger partial charge < -0.3 is 14.8 Å². The fourth-order valence-electron chi connectivity index (χ4n) is 3.78. The summed E-state index contributed by atoms with van der Waals surface area (Å²) >= 11 is 7.66. The van der Waals surface area contributed by atoms with Crippen molar-refractivity contribution in [1.82, 2.24) is 14.8 Å². The van der Waals surface area contributed by atoms with Crippen LogP contribution in [0.1, 0.15) is 51.3 Å². The highest BCUT2D eigenvalue weighted by atomic mass is 35.5. The summed E-state index contributed by atoms with van der Waals surface area (Å²) in [4.78, 5) is 17.8. The Balaban J connectivity index is 1.63. The Hall–Kier alpha value is -2.97. The average Bonchev–Trinajstić information content (AvgIpc) is 3.22. The van der Waals surface area contributed by atoms with Crippen LogP contribution in [0.3, 0.4) is 0 Å². The maximum atomic E-state index is 13.1. The fraction of sp³-hybridized carbons (Fsp3) is 0.346. The second-order valence-electron chi connectivity index (χ2n) is 8.52. The minimum absolute atomic E-state index is 0.237. The zero-order chi connectivity index (χ0) is 24.9. The second-order valence-corrected chi connectivity index (χ2v) is 10.0. The van der Waals surface area contributed by atoms with Gasteiger partial charge in [0.1, 0.15) is 18.4 Å². The standard InChI is InChI=1S/C26H29ClN4O3S/c1-5-13-35-26-29-25-28-17(4)22(24(32)34-16(2)3)23(31(25)30-26)19-9-11-21(12-10-19)33-15-18-7-6-8-20(27)14-18/h6-12,14,16,23H,5,13,15H2,1-4H3,(H,28,29,30). The van der Waals surface area contributed by atoms with Gasteiger partial charge in [0, 0.05) is 16.5 Å². The van der Waals surface area contributed by atoms with E-state index in [4.69, 9.17) is 26.2 Å². The van der Waals surface area contributed by atoms with Crippen molar-refractivity contribution in [3.05, 3.63) is 76.0 Å². The number of allylic oxidation sites excluding steroid dienone is 1. The molecule has 1 N–H and O–H groups in total. The van der Waals surface area contributed by atoms with Gasteiger partial charge >= 0.3 is 5.97 Å². The van der Waals surface area contributed by atoms with Crippen LogP contribution in [-0.4, -0.2) is 32.6 Å². The molecule has 0 saturated heterocycles. The van der Waals surface area contributed by atoms with E-state index in [9.17, 15) is 4.79 Å². The highest BCUT2D eigenvalue weighted by Crippen LogP contribution is 2.37. The number of anilines is 1. The third kappa shape index (κ3) is 6.00. The summed E-state index contributed by atoms with van der Waals surface area (Å²) in [6.45, 7) is 8.07. The number of hydrogen-bond donors (Lipinski definition) is 1. The highest BCUT2D eigenvalue weighted by molar-refractivity contribution is 7.99. The van der Waals surface area contributed by atoms with Gasteiger partial charge in [0.2, 0.25) is 11.1 Å². The van der Waals surface area contributed by atoms with Crippen LogP contribution in [-0.2, 0) is 16.1 Å². The molecule has 0 fully saturated rings. The minimum Gasteiger partial charge on any atom is -0.489 e. The summed E-state index contributed by atoms with van der Waals surface area (Å²) in [6, 6.07) is 14.8. The summed E-state index contributed by atoms with van der Waals surface area (Å²) in [7, 11) is 0. The summed E-state index contributed by atoms with van der Waals surface area (Å²) in [5, 5.41) is 9.30. The lowest BCUT2D eigenvalue weighted by Gasteiger charge is -2.28. The molecule has 0 saturated carbocycles. The van der Waals surface area contributed by atoms with E-state index in [0.717, 1.165) is 23.3 Å². The van der Waals surface area contributed by atoms with Gasteiger partial charge in [-0.3, -0.25) is 0 Å². The number of carbonyl (C=O) groups is 1. The number of ether oxygens (including phenoxy) is 2. The fourth-order valence-corrected chi connectivity index (χ4v) is 4.67. The molecular formula is C26H29ClN4O3S. The Morgan fingerprint density at radius 1 is 1.23 bits per heavy atom. The van der Waals surface area contributed by atoms with Gasteiger partial charge in [-0.25, -0.2) is 9.48 Å². The molecule has 9 heteroatoms. The molecule has 7 nitrogen and oxygen atoms in total. The molecule has 1 aromatic heterocycles. The van der Waals surface area contributed by atoms with E-state index in [-0.39, 0.29) is 12.1 Å². The second kappa shape index (κ2) is 11.2. The van der Waals surface area contributed by atoms with Crippen molar-refractivity contribution in [2.24, 2.45) is 0 Å². The molecule has 2 aromatic carbocycles. The lowest BCUT2D eigenvalue weighted by atomic mass is 9.95. The van der Waals surface area contributed by atoms with Crippen LogP contribution in [0.15, 0.2) is 65.0 Å². The number of fused-ring (bicyclic) bond motifs is 1. The quantitative estimate of drug-likeness (QED) is 0.268. The van der Waals surface area contributed by atoms with Gasteiger partial charge in [-0.1, -0.05) is 54.6 Å². The van der Waals surface area contributed by atoms with Crippen LogP contribution in [0.2, 0.25) is 5.02 Å². The normalized spacial score (nSPS) is 15.1. The number of thioether (sulfide) groups is 1. The maximum absolute atomic E-state index is 13.1. The Morgan fingerprint density at radius 3 is 2.69 bits per heavy atom. The van der Waals surface area contributed by atoms with Gasteiger partial charge in [0.25, 0.3) is 0 Å². The summed E-state index contributed by atoms with van der Waals surface area (Å²) in [5.74, 6) is 1.86. The molecule has 1 aliphatic rings. The molecule has 3 aromatic rings. The Bertz CT molecular complexity index is 1220. The SMILES string of the molecule is CCCSc1nc2n(n1)C(c1ccc(OCc3cccc(Cl)c3)cc1)C(C(=O)OC(C)C)=C(C)N2. The van der Waals surface area contributed by atoms with E-state index in [0.29, 0.717) is 39.8 Å². The van der Waals surface area contributed by atoms with Crippen molar-refractivity contribution in [2.75, 3.05) is 11.1 Å². The zero-order valence-electron chi connectivity index (χ0n) is 20.2. The number of benzene rings is 2. The Morgan fingerprint density at radius 2 is 2.00 bits per heavy atom. The van der Waals surface area contributed by atoms with Gasteiger partial charge in [-0.2, -0.15) is 4.98 Å². The first kappa shape index (κ1) is 25.1. The summed E-state index contributed by atoms with van der Waals surface area (Å²) < 4.78 is 13.3. The summed E-state index contributed by atoms with van der Waals surface area (Å²) in [6.07, 6.45) is 0.782. The van der Waals surface area contributed by atoms with E-state index in [1.807, 2.05) is 69.3 Å². The number of nitrogens with zero attached hydrogens (tertiary/aromatic N) is 3. The first-order valence-electron chi connectivity index (χ1n) is 11.6. The number of esters is 1. The smallest absolute Gasteiger partial charge is 0.338 e. The highest BCUT2D eigenvalue weighted by Gasteiger charge is 2.35. The molecule has 1 aliphatic heterocycles. The predicted octanol–water partition coefficient (Wildman–Crippen LogP) is 6.25. The molecule has 0 amide bonds. The van der Waals surface area contributed by atoms with Crippen LogP contribution in [0.5, 0.6) is 5.75 Å². The minimum atomic E-state index is -0.469. The molecule has 0 aliphatic carbocycles. The van der Waals surface area contributed by atoms with Crippen molar-refractivity contribution in [3.63, 3.8) is 0 Å². The van der Waals surface area contributed by atoms with Crippen LogP contribution in [0.25, 0.3) is 0 Å². The predicted molar refractivity (Wildman–Crippen MR) is 139 cm³/mol. The monoisotopic (exact) mass is 512 g/mol. The van der Waals surface area contributed by atoms with E-state index >= 15 is 0 Å². The molecular weight excluding hydrogens is 484 g/mol. The molecule has 2 heterocycles. The number of nitrogens with one attached hydrogen (secondary N) is 1. The number of hydrogen-bond acceptors (Lipinski definition) is 7. The van der Waals surface area contributed by atoms with Crippen LogP contribution < -0.4 is 10.1 Å². The van der Waals surface area contributed by atoms with Gasteiger partial charge in [-0.05, 0) is 62.6 Å². The van der Waals surface area contributed by atoms with E-state index in [2.05, 4.69) is 17.2 Å². The lowest BCUT2D eigenvalue weighted by Crippen LogP contribution is -2.30. The molecule has 0 spiro atoms. The third-order valence-corrected chi connectivity index (χ3v) is 6.60. The van der Waals surface area contributed by atoms with E-state index in [1.54, 1.807) is 16.4 Å². The van der Waals surface area contributed by atoms with Gasteiger partial charge in [0.15, 0.2) is 0 Å². The van der Waals surface area contributed by atoms with Gasteiger partial charge in [-0.15, -0.1) is 5.10 Å². The van der Waals surface area contributed by atoms with E-state index in [1.165, 1.54) is 0 Å². The largest absolute Gasteiger partial charge is 0.489 e. The molecule has 184 valence electrons. The van der Waals surface area contributed by atoms with Crippen molar-refractivity contribution < 1.29 is 14.3 Å². The average molecular weight is 513 g/mol. The van der Waals surface area contributed by atoms with Crippen molar-refractivity contribution >= 4 is 35.3 Å². The molecule has 4 rings (SSSR count). The topological polar surface area (TPSA) is 78.3 Å². The number of carbonyl (C=O) groups excluding carboxylic acids is 1. The first-order valence-corrected chi connectivity index (χ1v) is 13.0.